The van der Waals surface area contributed by atoms with Crippen molar-refractivity contribution < 1.29 is 9.53 Å². The highest BCUT2D eigenvalue weighted by Crippen LogP contribution is 2.23. The van der Waals surface area contributed by atoms with Crippen molar-refractivity contribution in [2.24, 2.45) is 0 Å². The molecule has 1 aliphatic carbocycles. The van der Waals surface area contributed by atoms with Gasteiger partial charge in [-0.25, -0.2) is 4.68 Å². The van der Waals surface area contributed by atoms with Gasteiger partial charge in [0.05, 0.1) is 5.02 Å². The Morgan fingerprint density at radius 2 is 2.19 bits per heavy atom. The summed E-state index contributed by atoms with van der Waals surface area (Å²) in [4.78, 5) is 12.1. The molecule has 0 saturated carbocycles. The van der Waals surface area contributed by atoms with Crippen molar-refractivity contribution in [2.45, 2.75) is 45.3 Å². The number of carbonyl (C=O) groups excluding carboxylic acids is 1. The number of nitrogens with zero attached hydrogens (tertiary/aromatic N) is 4. The first-order valence-electron chi connectivity index (χ1n) is 8.79. The first-order valence-corrected chi connectivity index (χ1v) is 9.17. The highest BCUT2D eigenvalue weighted by molar-refractivity contribution is 6.32. The van der Waals surface area contributed by atoms with E-state index < -0.39 is 0 Å². The van der Waals surface area contributed by atoms with E-state index in [9.17, 15) is 4.79 Å². The summed E-state index contributed by atoms with van der Waals surface area (Å²) in [6, 6.07) is 7.17. The molecule has 1 aromatic heterocycles. The number of halogens is 1. The number of tetrazole rings is 1. The number of allylic oxidation sites excluding steroid dienone is 1. The van der Waals surface area contributed by atoms with Crippen LogP contribution in [-0.4, -0.2) is 32.7 Å². The van der Waals surface area contributed by atoms with E-state index in [0.717, 1.165) is 19.3 Å². The number of benzene rings is 1. The van der Waals surface area contributed by atoms with Crippen LogP contribution in [0.3, 0.4) is 0 Å². The van der Waals surface area contributed by atoms with Crippen LogP contribution in [0.1, 0.15) is 37.9 Å². The van der Waals surface area contributed by atoms with E-state index in [1.54, 1.807) is 12.1 Å². The van der Waals surface area contributed by atoms with Gasteiger partial charge in [0.15, 0.2) is 5.82 Å². The molecule has 0 saturated heterocycles. The van der Waals surface area contributed by atoms with Crippen molar-refractivity contribution in [3.63, 3.8) is 0 Å². The lowest BCUT2D eigenvalue weighted by molar-refractivity contribution is -0.121. The number of rotatable bonds is 8. The second-order valence-electron chi connectivity index (χ2n) is 6.18. The third kappa shape index (κ3) is 5.29. The molecule has 1 heterocycles. The first kappa shape index (κ1) is 18.4. The zero-order valence-electron chi connectivity index (χ0n) is 14.5. The Morgan fingerprint density at radius 1 is 1.31 bits per heavy atom. The van der Waals surface area contributed by atoms with Gasteiger partial charge in [-0.15, -0.1) is 5.10 Å². The third-order valence-electron chi connectivity index (χ3n) is 4.25. The van der Waals surface area contributed by atoms with Crippen LogP contribution < -0.4 is 10.1 Å². The van der Waals surface area contributed by atoms with Gasteiger partial charge < -0.3 is 10.1 Å². The van der Waals surface area contributed by atoms with Crippen molar-refractivity contribution in [2.75, 3.05) is 6.54 Å². The van der Waals surface area contributed by atoms with Gasteiger partial charge in [0.25, 0.3) is 0 Å². The lowest BCUT2D eigenvalue weighted by Gasteiger charge is -2.13. The van der Waals surface area contributed by atoms with Crippen LogP contribution in [0.2, 0.25) is 5.02 Å². The van der Waals surface area contributed by atoms with Gasteiger partial charge >= 0.3 is 0 Å². The average molecular weight is 376 g/mol. The summed E-state index contributed by atoms with van der Waals surface area (Å²) in [5.74, 6) is 0.900. The molecule has 0 fully saturated rings. The molecule has 8 heteroatoms. The van der Waals surface area contributed by atoms with Crippen molar-refractivity contribution >= 4 is 17.5 Å². The molecule has 1 aromatic carbocycles. The van der Waals surface area contributed by atoms with E-state index in [1.165, 1.54) is 23.1 Å². The van der Waals surface area contributed by atoms with Crippen molar-refractivity contribution in [1.82, 2.24) is 25.5 Å². The predicted molar refractivity (Wildman–Crippen MR) is 97.8 cm³/mol. The number of hydrogen-bond acceptors (Lipinski definition) is 5. The van der Waals surface area contributed by atoms with E-state index >= 15 is 0 Å². The molecular formula is C18H22ClN5O2. The smallest absolute Gasteiger partial charge is 0.241 e. The maximum Gasteiger partial charge on any atom is 0.241 e. The van der Waals surface area contributed by atoms with Gasteiger partial charge in [-0.2, -0.15) is 0 Å². The molecule has 2 aromatic rings. The molecule has 1 N–H and O–H groups in total. The van der Waals surface area contributed by atoms with Gasteiger partial charge in [0.2, 0.25) is 5.91 Å². The maximum atomic E-state index is 12.1. The largest absolute Gasteiger partial charge is 0.484 e. The number of amides is 1. The normalized spacial score (nSPS) is 14.0. The minimum atomic E-state index is -0.118. The molecule has 7 nitrogen and oxygen atoms in total. The monoisotopic (exact) mass is 375 g/mol. The van der Waals surface area contributed by atoms with Crippen LogP contribution in [0.15, 0.2) is 35.9 Å². The minimum Gasteiger partial charge on any atom is -0.484 e. The molecule has 0 aliphatic heterocycles. The van der Waals surface area contributed by atoms with Crippen LogP contribution in [0.25, 0.3) is 0 Å². The Hall–Kier alpha value is -2.41. The molecule has 0 atom stereocenters. The molecule has 0 radical (unpaired) electrons. The second kappa shape index (κ2) is 9.33. The summed E-state index contributed by atoms with van der Waals surface area (Å²) in [7, 11) is 0. The molecule has 0 spiro atoms. The molecule has 0 bridgehead atoms. The predicted octanol–water partition coefficient (Wildman–Crippen LogP) is 2.91. The van der Waals surface area contributed by atoms with Crippen LogP contribution in [-0.2, 0) is 17.9 Å². The number of hydrogen-bond donors (Lipinski definition) is 1. The average Bonchev–Trinajstić information content (AvgIpc) is 3.09. The molecule has 3 rings (SSSR count). The number of ether oxygens (including phenoxy) is 1. The Balaban J connectivity index is 1.46. The van der Waals surface area contributed by atoms with E-state index in [2.05, 4.69) is 26.9 Å². The minimum absolute atomic E-state index is 0.0628. The van der Waals surface area contributed by atoms with Crippen LogP contribution in [0.5, 0.6) is 5.75 Å². The van der Waals surface area contributed by atoms with Crippen LogP contribution in [0.4, 0.5) is 0 Å². The van der Waals surface area contributed by atoms with E-state index in [-0.39, 0.29) is 19.1 Å². The Kier molecular flexibility index (Phi) is 6.60. The Bertz CT molecular complexity index is 774. The summed E-state index contributed by atoms with van der Waals surface area (Å²) in [5, 5.41) is 14.8. The van der Waals surface area contributed by atoms with Gasteiger partial charge in [-0.1, -0.05) is 35.4 Å². The second-order valence-corrected chi connectivity index (χ2v) is 6.59. The zero-order valence-corrected chi connectivity index (χ0v) is 15.3. The number of nitrogens with one attached hydrogen (secondary N) is 1. The fourth-order valence-corrected chi connectivity index (χ4v) is 3.03. The first-order chi connectivity index (χ1) is 12.7. The van der Waals surface area contributed by atoms with Gasteiger partial charge in [0.1, 0.15) is 18.9 Å². The number of carbonyl (C=O) groups is 1. The van der Waals surface area contributed by atoms with Crippen molar-refractivity contribution in [3.8, 4) is 5.75 Å². The summed E-state index contributed by atoms with van der Waals surface area (Å²) in [5.41, 5.74) is 1.44. The van der Waals surface area contributed by atoms with Crippen LogP contribution >= 0.6 is 11.6 Å². The maximum absolute atomic E-state index is 12.1. The lowest BCUT2D eigenvalue weighted by atomic mass is 9.97. The Labute approximate surface area is 157 Å². The summed E-state index contributed by atoms with van der Waals surface area (Å²) < 4.78 is 7.07. The van der Waals surface area contributed by atoms with Gasteiger partial charge in [0, 0.05) is 6.54 Å². The van der Waals surface area contributed by atoms with Crippen molar-refractivity contribution in [3.05, 3.63) is 46.8 Å². The zero-order chi connectivity index (χ0) is 18.2. The quantitative estimate of drug-likeness (QED) is 0.717. The number of aromatic nitrogens is 4. The van der Waals surface area contributed by atoms with Crippen LogP contribution in [0, 0.1) is 0 Å². The molecule has 1 aliphatic rings. The standard InChI is InChI=1S/C18H22ClN5O2/c19-15-8-4-5-9-16(15)26-13-17-21-22-23-24(17)12-18(25)20-11-10-14-6-2-1-3-7-14/h4-6,8-9H,1-3,7,10-13H2,(H,20,25). The topological polar surface area (TPSA) is 81.9 Å². The fraction of sp³-hybridized carbons (Fsp3) is 0.444. The Morgan fingerprint density at radius 3 is 3.00 bits per heavy atom. The highest BCUT2D eigenvalue weighted by Gasteiger charge is 2.12. The summed E-state index contributed by atoms with van der Waals surface area (Å²) >= 11 is 6.06. The van der Waals surface area contributed by atoms with Gasteiger partial charge in [-0.05, 0) is 54.7 Å². The summed E-state index contributed by atoms with van der Waals surface area (Å²) in [6.07, 6.45) is 8.02. The fourth-order valence-electron chi connectivity index (χ4n) is 2.84. The van der Waals surface area contributed by atoms with E-state index in [4.69, 9.17) is 16.3 Å². The highest BCUT2D eigenvalue weighted by atomic mass is 35.5. The SMILES string of the molecule is O=C(Cn1nnnc1COc1ccccc1Cl)NCCC1=CCCCC1. The number of para-hydroxylation sites is 1. The van der Waals surface area contributed by atoms with E-state index in [1.807, 2.05) is 12.1 Å². The molecule has 26 heavy (non-hydrogen) atoms. The molecule has 0 unspecified atom stereocenters. The van der Waals surface area contributed by atoms with E-state index in [0.29, 0.717) is 23.1 Å². The lowest BCUT2D eigenvalue weighted by Crippen LogP contribution is -2.30. The molecule has 138 valence electrons. The molecular weight excluding hydrogens is 354 g/mol. The van der Waals surface area contributed by atoms with Crippen molar-refractivity contribution in [1.29, 1.82) is 0 Å². The summed E-state index contributed by atoms with van der Waals surface area (Å²) in [6.45, 7) is 0.836. The van der Waals surface area contributed by atoms with Gasteiger partial charge in [-0.3, -0.25) is 4.79 Å². The third-order valence-corrected chi connectivity index (χ3v) is 4.56. The molecule has 1 amide bonds.